The van der Waals surface area contributed by atoms with Crippen molar-refractivity contribution in [1.29, 1.82) is 0 Å². The highest BCUT2D eigenvalue weighted by Gasteiger charge is 2.41. The zero-order chi connectivity index (χ0) is 19.4. The molecule has 0 saturated carbocycles. The van der Waals surface area contributed by atoms with Crippen molar-refractivity contribution < 1.29 is 19.1 Å². The molecule has 1 aliphatic heterocycles. The normalized spacial score (nSPS) is 16.3. The molecule has 1 N–H and O–H groups in total. The van der Waals surface area contributed by atoms with Crippen LogP contribution >= 0.6 is 0 Å². The fraction of sp³-hybridized carbons (Fsp3) is 0.286. The van der Waals surface area contributed by atoms with Gasteiger partial charge in [0.1, 0.15) is 12.6 Å². The van der Waals surface area contributed by atoms with Crippen molar-refractivity contribution in [2.75, 3.05) is 5.32 Å². The number of ether oxygens (including phenoxy) is 1. The van der Waals surface area contributed by atoms with Crippen LogP contribution < -0.4 is 5.32 Å². The van der Waals surface area contributed by atoms with Crippen molar-refractivity contribution in [3.63, 3.8) is 0 Å². The first-order valence-electron chi connectivity index (χ1n) is 8.87. The molecule has 1 saturated heterocycles. The number of carbonyl (C=O) groups is 3. The number of likely N-dealkylation sites (tertiary alicyclic amines) is 1. The predicted molar refractivity (Wildman–Crippen MR) is 101 cm³/mol. The Balaban J connectivity index is 1.68. The second-order valence-corrected chi connectivity index (χ2v) is 6.60. The van der Waals surface area contributed by atoms with Gasteiger partial charge in [0, 0.05) is 12.1 Å². The zero-order valence-corrected chi connectivity index (χ0v) is 15.4. The largest absolute Gasteiger partial charge is 0.444 e. The Morgan fingerprint density at radius 2 is 1.85 bits per heavy atom. The number of imide groups is 1. The van der Waals surface area contributed by atoms with E-state index in [1.165, 1.54) is 0 Å². The summed E-state index contributed by atoms with van der Waals surface area (Å²) in [5, 5.41) is 2.83. The van der Waals surface area contributed by atoms with E-state index in [9.17, 15) is 14.4 Å². The summed E-state index contributed by atoms with van der Waals surface area (Å²) in [5.41, 5.74) is 3.49. The Bertz CT molecular complexity index is 864. The molecule has 1 heterocycles. The van der Waals surface area contributed by atoms with Gasteiger partial charge in [0.25, 0.3) is 0 Å². The smallest absolute Gasteiger partial charge is 0.417 e. The minimum Gasteiger partial charge on any atom is -0.444 e. The summed E-state index contributed by atoms with van der Waals surface area (Å²) >= 11 is 0. The monoisotopic (exact) mass is 366 g/mol. The van der Waals surface area contributed by atoms with Gasteiger partial charge < -0.3 is 10.1 Å². The number of aryl methyl sites for hydroxylation is 1. The summed E-state index contributed by atoms with van der Waals surface area (Å²) in [7, 11) is 0. The summed E-state index contributed by atoms with van der Waals surface area (Å²) in [6, 6.07) is 13.9. The minimum atomic E-state index is -0.860. The Hall–Kier alpha value is -3.15. The first-order chi connectivity index (χ1) is 13.0. The van der Waals surface area contributed by atoms with E-state index in [0.717, 1.165) is 21.6 Å². The van der Waals surface area contributed by atoms with Crippen molar-refractivity contribution in [1.82, 2.24) is 4.90 Å². The number of rotatable bonds is 4. The molecule has 0 unspecified atom stereocenters. The molecular formula is C21H22N2O4. The molecule has 3 amide bonds. The highest BCUT2D eigenvalue weighted by atomic mass is 16.6. The van der Waals surface area contributed by atoms with Gasteiger partial charge in [-0.2, -0.15) is 0 Å². The second-order valence-electron chi connectivity index (χ2n) is 6.60. The lowest BCUT2D eigenvalue weighted by molar-refractivity contribution is -0.131. The number of nitrogens with one attached hydrogen (secondary N) is 1. The predicted octanol–water partition coefficient (Wildman–Crippen LogP) is 3.57. The Labute approximate surface area is 158 Å². The number of hydrogen-bond acceptors (Lipinski definition) is 4. The molecule has 1 fully saturated rings. The third-order valence-electron chi connectivity index (χ3n) is 4.78. The van der Waals surface area contributed by atoms with E-state index < -0.39 is 18.0 Å². The number of amides is 3. The molecule has 1 atom stereocenters. The van der Waals surface area contributed by atoms with Crippen LogP contribution in [0.15, 0.2) is 48.5 Å². The van der Waals surface area contributed by atoms with E-state index in [2.05, 4.69) is 5.32 Å². The molecule has 2 aromatic rings. The first-order valence-corrected chi connectivity index (χ1v) is 8.87. The molecule has 1 aliphatic rings. The standard InChI is InChI=1S/C21H22N2O4/c1-14-7-6-10-17(15(14)2)22-20(25)18-11-12-19(24)23(18)21(26)27-13-16-8-4-3-5-9-16/h3-10,18H,11-13H2,1-2H3,(H,22,25)/t18-/m1/s1. The van der Waals surface area contributed by atoms with Crippen LogP contribution in [0.25, 0.3) is 0 Å². The van der Waals surface area contributed by atoms with Crippen molar-refractivity contribution in [2.45, 2.75) is 39.3 Å². The highest BCUT2D eigenvalue weighted by molar-refractivity contribution is 6.05. The van der Waals surface area contributed by atoms with Crippen LogP contribution in [0.4, 0.5) is 10.5 Å². The van der Waals surface area contributed by atoms with Gasteiger partial charge in [0.05, 0.1) is 0 Å². The van der Waals surface area contributed by atoms with Crippen LogP contribution in [0, 0.1) is 13.8 Å². The van der Waals surface area contributed by atoms with E-state index in [-0.39, 0.29) is 25.4 Å². The van der Waals surface area contributed by atoms with Gasteiger partial charge in [0.15, 0.2) is 0 Å². The molecule has 0 radical (unpaired) electrons. The number of nitrogens with zero attached hydrogens (tertiary/aromatic N) is 1. The zero-order valence-electron chi connectivity index (χ0n) is 15.4. The average Bonchev–Trinajstić information content (AvgIpc) is 3.06. The number of anilines is 1. The maximum absolute atomic E-state index is 12.7. The summed E-state index contributed by atoms with van der Waals surface area (Å²) in [4.78, 5) is 38.2. The molecule has 27 heavy (non-hydrogen) atoms. The van der Waals surface area contributed by atoms with Gasteiger partial charge >= 0.3 is 6.09 Å². The molecule has 2 aromatic carbocycles. The van der Waals surface area contributed by atoms with Gasteiger partial charge in [-0.25, -0.2) is 9.69 Å². The quantitative estimate of drug-likeness (QED) is 0.897. The van der Waals surface area contributed by atoms with E-state index in [1.807, 2.05) is 56.3 Å². The van der Waals surface area contributed by atoms with Gasteiger partial charge in [-0.05, 0) is 43.0 Å². The van der Waals surface area contributed by atoms with Crippen LogP contribution in [0.5, 0.6) is 0 Å². The lowest BCUT2D eigenvalue weighted by atomic mass is 10.1. The molecule has 6 nitrogen and oxygen atoms in total. The van der Waals surface area contributed by atoms with E-state index >= 15 is 0 Å². The summed E-state index contributed by atoms with van der Waals surface area (Å²) in [5.74, 6) is -0.777. The lowest BCUT2D eigenvalue weighted by Gasteiger charge is -2.22. The third-order valence-corrected chi connectivity index (χ3v) is 4.78. The molecule has 0 aromatic heterocycles. The third kappa shape index (κ3) is 4.16. The Kier molecular flexibility index (Phi) is 5.54. The second kappa shape index (κ2) is 8.03. The van der Waals surface area contributed by atoms with E-state index in [4.69, 9.17) is 4.74 Å². The van der Waals surface area contributed by atoms with Crippen molar-refractivity contribution >= 4 is 23.6 Å². The molecule has 0 bridgehead atoms. The van der Waals surface area contributed by atoms with Crippen LogP contribution in [-0.4, -0.2) is 28.8 Å². The van der Waals surface area contributed by atoms with Gasteiger partial charge in [-0.3, -0.25) is 9.59 Å². The fourth-order valence-corrected chi connectivity index (χ4v) is 3.05. The van der Waals surface area contributed by atoms with Crippen molar-refractivity contribution in [2.24, 2.45) is 0 Å². The van der Waals surface area contributed by atoms with Crippen LogP contribution in [0.2, 0.25) is 0 Å². The lowest BCUT2D eigenvalue weighted by Crippen LogP contribution is -2.45. The van der Waals surface area contributed by atoms with Crippen LogP contribution in [0.1, 0.15) is 29.5 Å². The molecule has 0 aliphatic carbocycles. The molecule has 3 rings (SSSR count). The minimum absolute atomic E-state index is 0.0504. The maximum atomic E-state index is 12.7. The fourth-order valence-electron chi connectivity index (χ4n) is 3.05. The van der Waals surface area contributed by atoms with Crippen molar-refractivity contribution in [3.8, 4) is 0 Å². The van der Waals surface area contributed by atoms with Gasteiger partial charge in [-0.1, -0.05) is 42.5 Å². The highest BCUT2D eigenvalue weighted by Crippen LogP contribution is 2.24. The average molecular weight is 366 g/mol. The number of benzene rings is 2. The van der Waals surface area contributed by atoms with Crippen LogP contribution in [-0.2, 0) is 20.9 Å². The van der Waals surface area contributed by atoms with Crippen LogP contribution in [0.3, 0.4) is 0 Å². The van der Waals surface area contributed by atoms with E-state index in [1.54, 1.807) is 6.07 Å². The Morgan fingerprint density at radius 3 is 2.59 bits per heavy atom. The summed E-state index contributed by atoms with van der Waals surface area (Å²) in [6.45, 7) is 3.92. The molecular weight excluding hydrogens is 344 g/mol. The number of carbonyl (C=O) groups excluding carboxylic acids is 3. The summed E-state index contributed by atoms with van der Waals surface area (Å²) < 4.78 is 5.24. The topological polar surface area (TPSA) is 75.7 Å². The van der Waals surface area contributed by atoms with Crippen molar-refractivity contribution in [3.05, 3.63) is 65.2 Å². The SMILES string of the molecule is Cc1cccc(NC(=O)[C@H]2CCC(=O)N2C(=O)OCc2ccccc2)c1C. The van der Waals surface area contributed by atoms with E-state index in [0.29, 0.717) is 5.69 Å². The van der Waals surface area contributed by atoms with Gasteiger partial charge in [0.2, 0.25) is 11.8 Å². The van der Waals surface area contributed by atoms with Gasteiger partial charge in [-0.15, -0.1) is 0 Å². The molecule has 0 spiro atoms. The molecule has 140 valence electrons. The Morgan fingerprint density at radius 1 is 1.11 bits per heavy atom. The molecule has 6 heteroatoms. The summed E-state index contributed by atoms with van der Waals surface area (Å²) in [6.07, 6.45) is -0.358. The number of hydrogen-bond donors (Lipinski definition) is 1. The maximum Gasteiger partial charge on any atom is 0.417 e. The first kappa shape index (κ1) is 18.6.